The third kappa shape index (κ3) is 5.94. The van der Waals surface area contributed by atoms with E-state index in [1.54, 1.807) is 6.92 Å². The fourth-order valence-electron chi connectivity index (χ4n) is 1.34. The third-order valence-electron chi connectivity index (χ3n) is 2.13. The number of aliphatic hydroxyl groups excluding tert-OH is 1. The average Bonchev–Trinajstić information content (AvgIpc) is 2.02. The molecule has 4 heteroatoms. The molecule has 3 atom stereocenters. The second kappa shape index (κ2) is 6.79. The minimum Gasteiger partial charge on any atom is -0.393 e. The summed E-state index contributed by atoms with van der Waals surface area (Å²) in [6.45, 7) is 5.99. The van der Waals surface area contributed by atoms with Crippen molar-refractivity contribution in [1.82, 2.24) is 5.32 Å². The number of nitrogens with two attached hydrogens (primary N) is 1. The van der Waals surface area contributed by atoms with Crippen LogP contribution < -0.4 is 11.1 Å². The van der Waals surface area contributed by atoms with Gasteiger partial charge in [-0.05, 0) is 33.2 Å². The number of amides is 1. The molecular formula is C10H22N2O2. The molecule has 3 unspecified atom stereocenters. The van der Waals surface area contributed by atoms with E-state index in [2.05, 4.69) is 5.32 Å². The van der Waals surface area contributed by atoms with E-state index < -0.39 is 0 Å². The fraction of sp³-hybridized carbons (Fsp3) is 0.900. The Morgan fingerprint density at radius 1 is 1.43 bits per heavy atom. The number of aliphatic hydroxyl groups is 1. The van der Waals surface area contributed by atoms with Gasteiger partial charge in [-0.1, -0.05) is 6.92 Å². The first-order valence-corrected chi connectivity index (χ1v) is 5.15. The molecule has 0 aliphatic heterocycles. The van der Waals surface area contributed by atoms with Crippen molar-refractivity contribution in [3.8, 4) is 0 Å². The summed E-state index contributed by atoms with van der Waals surface area (Å²) in [6.07, 6.45) is 0.907. The minimum absolute atomic E-state index is 0.0164. The molecule has 0 heterocycles. The average molecular weight is 202 g/mol. The number of nitrogens with one attached hydrogen (secondary N) is 1. The van der Waals surface area contributed by atoms with E-state index in [1.807, 2.05) is 13.8 Å². The quantitative estimate of drug-likeness (QED) is 0.578. The zero-order valence-electron chi connectivity index (χ0n) is 9.29. The Morgan fingerprint density at radius 3 is 2.43 bits per heavy atom. The van der Waals surface area contributed by atoms with Crippen LogP contribution in [0.1, 0.15) is 33.6 Å². The molecular weight excluding hydrogens is 180 g/mol. The number of hydrogen-bond acceptors (Lipinski definition) is 3. The molecule has 14 heavy (non-hydrogen) atoms. The maximum atomic E-state index is 11.5. The summed E-state index contributed by atoms with van der Waals surface area (Å²) in [5.41, 5.74) is 5.36. The Morgan fingerprint density at radius 2 is 2.00 bits per heavy atom. The van der Waals surface area contributed by atoms with Crippen LogP contribution in [0.5, 0.6) is 0 Å². The van der Waals surface area contributed by atoms with Crippen molar-refractivity contribution in [2.75, 3.05) is 6.54 Å². The van der Waals surface area contributed by atoms with Gasteiger partial charge in [0.2, 0.25) is 5.91 Å². The molecule has 0 aromatic heterocycles. The van der Waals surface area contributed by atoms with Crippen LogP contribution in [-0.4, -0.2) is 29.7 Å². The molecule has 0 aromatic rings. The molecule has 0 saturated heterocycles. The monoisotopic (exact) mass is 202 g/mol. The number of hydrogen-bond donors (Lipinski definition) is 3. The number of rotatable bonds is 6. The van der Waals surface area contributed by atoms with Gasteiger partial charge in [-0.2, -0.15) is 0 Å². The van der Waals surface area contributed by atoms with Gasteiger partial charge in [0.15, 0.2) is 0 Å². The normalized spacial score (nSPS) is 17.2. The molecule has 84 valence electrons. The van der Waals surface area contributed by atoms with Crippen LogP contribution in [0.25, 0.3) is 0 Å². The molecule has 0 spiro atoms. The zero-order chi connectivity index (χ0) is 11.1. The summed E-state index contributed by atoms with van der Waals surface area (Å²) < 4.78 is 0. The standard InChI is InChI=1S/C10H22N2O2/c1-7(4-5-11)10(14)12-8(2)6-9(3)13/h7-9,13H,4-6,11H2,1-3H3,(H,12,14). The Bertz CT molecular complexity index is 172. The Kier molecular flexibility index (Phi) is 6.49. The first-order chi connectivity index (χ1) is 6.47. The summed E-state index contributed by atoms with van der Waals surface area (Å²) in [5.74, 6) is -0.0277. The highest BCUT2D eigenvalue weighted by molar-refractivity contribution is 5.78. The molecule has 1 amide bonds. The van der Waals surface area contributed by atoms with E-state index in [0.717, 1.165) is 0 Å². The van der Waals surface area contributed by atoms with Crippen LogP contribution in [-0.2, 0) is 4.79 Å². The van der Waals surface area contributed by atoms with E-state index in [0.29, 0.717) is 19.4 Å². The second-order valence-electron chi connectivity index (χ2n) is 3.97. The van der Waals surface area contributed by atoms with Crippen molar-refractivity contribution in [2.45, 2.75) is 45.8 Å². The van der Waals surface area contributed by atoms with Gasteiger partial charge in [0.1, 0.15) is 0 Å². The smallest absolute Gasteiger partial charge is 0.223 e. The highest BCUT2D eigenvalue weighted by Gasteiger charge is 2.15. The van der Waals surface area contributed by atoms with Crippen molar-refractivity contribution in [3.63, 3.8) is 0 Å². The summed E-state index contributed by atoms with van der Waals surface area (Å²) >= 11 is 0. The van der Waals surface area contributed by atoms with Crippen LogP contribution in [0.4, 0.5) is 0 Å². The molecule has 0 radical (unpaired) electrons. The minimum atomic E-state index is -0.380. The van der Waals surface area contributed by atoms with Gasteiger partial charge in [0, 0.05) is 12.0 Å². The van der Waals surface area contributed by atoms with Crippen LogP contribution in [0.3, 0.4) is 0 Å². The van der Waals surface area contributed by atoms with Gasteiger partial charge in [-0.25, -0.2) is 0 Å². The van der Waals surface area contributed by atoms with Crippen LogP contribution >= 0.6 is 0 Å². The van der Waals surface area contributed by atoms with Gasteiger partial charge >= 0.3 is 0 Å². The van der Waals surface area contributed by atoms with E-state index in [9.17, 15) is 4.79 Å². The Hall–Kier alpha value is -0.610. The lowest BCUT2D eigenvalue weighted by Crippen LogP contribution is -2.38. The summed E-state index contributed by atoms with van der Waals surface area (Å²) in [5, 5.41) is 11.9. The van der Waals surface area contributed by atoms with Crippen LogP contribution in [0.15, 0.2) is 0 Å². The maximum absolute atomic E-state index is 11.5. The van der Waals surface area contributed by atoms with Crippen molar-refractivity contribution >= 4 is 5.91 Å². The summed E-state index contributed by atoms with van der Waals surface area (Å²) in [6, 6.07) is 0.0164. The zero-order valence-corrected chi connectivity index (χ0v) is 9.29. The van der Waals surface area contributed by atoms with Crippen molar-refractivity contribution < 1.29 is 9.90 Å². The Balaban J connectivity index is 3.80. The largest absolute Gasteiger partial charge is 0.393 e. The van der Waals surface area contributed by atoms with E-state index in [4.69, 9.17) is 10.8 Å². The predicted octanol–water partition coefficient (Wildman–Crippen LogP) is 0.247. The predicted molar refractivity (Wildman–Crippen MR) is 56.7 cm³/mol. The lowest BCUT2D eigenvalue weighted by atomic mass is 10.1. The van der Waals surface area contributed by atoms with Gasteiger partial charge in [-0.3, -0.25) is 4.79 Å². The maximum Gasteiger partial charge on any atom is 0.223 e. The highest BCUT2D eigenvalue weighted by Crippen LogP contribution is 2.03. The van der Waals surface area contributed by atoms with Crippen LogP contribution in [0, 0.1) is 5.92 Å². The summed E-state index contributed by atoms with van der Waals surface area (Å²) in [4.78, 5) is 11.5. The first kappa shape index (κ1) is 13.4. The molecule has 4 nitrogen and oxygen atoms in total. The number of carbonyl (C=O) groups is 1. The Labute approximate surface area is 85.9 Å². The van der Waals surface area contributed by atoms with Crippen LogP contribution in [0.2, 0.25) is 0 Å². The van der Waals surface area contributed by atoms with Crippen molar-refractivity contribution in [3.05, 3.63) is 0 Å². The SMILES string of the molecule is CC(O)CC(C)NC(=O)C(C)CCN. The third-order valence-corrected chi connectivity index (χ3v) is 2.13. The molecule has 0 saturated carbocycles. The lowest BCUT2D eigenvalue weighted by molar-refractivity contribution is -0.125. The van der Waals surface area contributed by atoms with E-state index >= 15 is 0 Å². The lowest BCUT2D eigenvalue weighted by Gasteiger charge is -2.18. The van der Waals surface area contributed by atoms with Gasteiger partial charge < -0.3 is 16.2 Å². The van der Waals surface area contributed by atoms with Gasteiger partial charge in [-0.15, -0.1) is 0 Å². The molecule has 4 N–H and O–H groups in total. The van der Waals surface area contributed by atoms with E-state index in [-0.39, 0.29) is 24.0 Å². The summed E-state index contributed by atoms with van der Waals surface area (Å²) in [7, 11) is 0. The first-order valence-electron chi connectivity index (χ1n) is 5.15. The van der Waals surface area contributed by atoms with Gasteiger partial charge in [0.05, 0.1) is 6.10 Å². The number of carbonyl (C=O) groups excluding carboxylic acids is 1. The molecule has 0 aliphatic rings. The van der Waals surface area contributed by atoms with E-state index in [1.165, 1.54) is 0 Å². The molecule has 0 aliphatic carbocycles. The molecule has 0 rings (SSSR count). The fourth-order valence-corrected chi connectivity index (χ4v) is 1.34. The molecule has 0 aromatic carbocycles. The highest BCUT2D eigenvalue weighted by atomic mass is 16.3. The molecule has 0 fully saturated rings. The van der Waals surface area contributed by atoms with Crippen molar-refractivity contribution in [2.24, 2.45) is 11.7 Å². The van der Waals surface area contributed by atoms with Gasteiger partial charge in [0.25, 0.3) is 0 Å². The molecule has 0 bridgehead atoms. The second-order valence-corrected chi connectivity index (χ2v) is 3.97. The topological polar surface area (TPSA) is 75.3 Å². The van der Waals surface area contributed by atoms with Crippen molar-refractivity contribution in [1.29, 1.82) is 0 Å².